The van der Waals surface area contributed by atoms with Crippen LogP contribution in [-0.4, -0.2) is 51.5 Å². The smallest absolute Gasteiger partial charge is 0.326 e. The minimum Gasteiger partial charge on any atom is -0.326 e. The zero-order valence-corrected chi connectivity index (χ0v) is 25.8. The normalized spacial score (nSPS) is 20.9. The molecule has 1 unspecified atom stereocenters. The van der Waals surface area contributed by atoms with Gasteiger partial charge >= 0.3 is 6.55 Å². The lowest BCUT2D eigenvalue weighted by Gasteiger charge is -2.32. The van der Waals surface area contributed by atoms with Crippen LogP contribution in [0.15, 0.2) is 77.1 Å². The number of aromatic nitrogens is 4. The lowest BCUT2D eigenvalue weighted by Crippen LogP contribution is -2.46. The average Bonchev–Trinajstić information content (AvgIpc) is 3.36. The molecule has 16 heteroatoms. The maximum absolute atomic E-state index is 14.1. The maximum Gasteiger partial charge on any atom is 0.333 e. The Labute approximate surface area is 265 Å². The SMILES string of the molecule is O=S(=O)(NC(c1ccccn1)C1CC1)N[C@H]1CC2=C(c3ccn(C(F)F)n3)[C@H](c3ccc(F)cc3Cl)N=C(c3nccs3)N2C1. The molecule has 3 atom stereocenters. The molecule has 0 amide bonds. The fourth-order valence-corrected chi connectivity index (χ4v) is 8.06. The van der Waals surface area contributed by atoms with E-state index in [1.165, 1.54) is 29.5 Å². The first-order valence-corrected chi connectivity index (χ1v) is 16.9. The van der Waals surface area contributed by atoms with E-state index in [2.05, 4.69) is 24.5 Å². The second kappa shape index (κ2) is 11.9. The Balaban J connectivity index is 1.28. The summed E-state index contributed by atoms with van der Waals surface area (Å²) in [7, 11) is -4.02. The largest absolute Gasteiger partial charge is 0.333 e. The summed E-state index contributed by atoms with van der Waals surface area (Å²) in [4.78, 5) is 15.6. The van der Waals surface area contributed by atoms with Crippen LogP contribution >= 0.6 is 22.9 Å². The Kier molecular flexibility index (Phi) is 7.98. The first-order chi connectivity index (χ1) is 21.7. The predicted octanol–water partition coefficient (Wildman–Crippen LogP) is 5.48. The Morgan fingerprint density at radius 1 is 1.09 bits per heavy atom. The van der Waals surface area contributed by atoms with Gasteiger partial charge in [-0.15, -0.1) is 11.3 Å². The lowest BCUT2D eigenvalue weighted by molar-refractivity contribution is 0.0564. The van der Waals surface area contributed by atoms with Gasteiger partial charge in [-0.1, -0.05) is 23.7 Å². The summed E-state index contributed by atoms with van der Waals surface area (Å²) in [5.74, 6) is 0.0662. The van der Waals surface area contributed by atoms with E-state index < -0.39 is 40.7 Å². The topological polar surface area (TPSA) is 117 Å². The van der Waals surface area contributed by atoms with Crippen molar-refractivity contribution >= 4 is 44.6 Å². The Hall–Kier alpha value is -3.63. The summed E-state index contributed by atoms with van der Waals surface area (Å²) in [5.41, 5.74) is 2.38. The third-order valence-electron chi connectivity index (χ3n) is 7.93. The summed E-state index contributed by atoms with van der Waals surface area (Å²) in [6.45, 7) is -2.69. The quantitative estimate of drug-likeness (QED) is 0.230. The number of rotatable bonds is 10. The maximum atomic E-state index is 14.1. The molecule has 2 aliphatic heterocycles. The summed E-state index contributed by atoms with van der Waals surface area (Å²) < 4.78 is 74.5. The van der Waals surface area contributed by atoms with Crippen molar-refractivity contribution in [3.05, 3.63) is 105 Å². The van der Waals surface area contributed by atoms with Gasteiger partial charge < -0.3 is 4.90 Å². The zero-order chi connectivity index (χ0) is 31.3. The van der Waals surface area contributed by atoms with Gasteiger partial charge in [-0.05, 0) is 49.1 Å². The number of aliphatic imine (C=N–C) groups is 1. The van der Waals surface area contributed by atoms with E-state index in [-0.39, 0.29) is 29.6 Å². The van der Waals surface area contributed by atoms with Crippen LogP contribution in [0.5, 0.6) is 0 Å². The van der Waals surface area contributed by atoms with E-state index >= 15 is 0 Å². The number of benzene rings is 1. The van der Waals surface area contributed by atoms with E-state index in [0.717, 1.165) is 25.1 Å². The van der Waals surface area contributed by atoms with Gasteiger partial charge in [-0.2, -0.15) is 31.7 Å². The number of nitrogens with one attached hydrogen (secondary N) is 2. The third-order valence-corrected chi connectivity index (χ3v) is 10.2. The summed E-state index contributed by atoms with van der Waals surface area (Å²) in [6, 6.07) is 8.81. The van der Waals surface area contributed by atoms with Crippen molar-refractivity contribution in [1.82, 2.24) is 34.1 Å². The van der Waals surface area contributed by atoms with Gasteiger partial charge in [0.15, 0.2) is 10.8 Å². The summed E-state index contributed by atoms with van der Waals surface area (Å²) in [6.07, 6.45) is 6.40. The second-order valence-electron chi connectivity index (χ2n) is 11.0. The average molecular weight is 675 g/mol. The summed E-state index contributed by atoms with van der Waals surface area (Å²) >= 11 is 7.86. The molecule has 0 spiro atoms. The number of fused-ring (bicyclic) bond motifs is 1. The van der Waals surface area contributed by atoms with E-state index in [1.807, 2.05) is 11.0 Å². The number of nitrogens with zero attached hydrogens (tertiary/aromatic N) is 6. The molecule has 1 aliphatic carbocycles. The van der Waals surface area contributed by atoms with Crippen LogP contribution in [0.3, 0.4) is 0 Å². The van der Waals surface area contributed by atoms with Crippen LogP contribution in [0.25, 0.3) is 5.57 Å². The van der Waals surface area contributed by atoms with Crippen LogP contribution in [-0.2, 0) is 10.2 Å². The molecule has 3 aliphatic rings. The number of amidine groups is 1. The first kappa shape index (κ1) is 30.0. The highest BCUT2D eigenvalue weighted by Gasteiger charge is 2.43. The minimum absolute atomic E-state index is 0.0992. The Bertz CT molecular complexity index is 1880. The first-order valence-electron chi connectivity index (χ1n) is 14.1. The number of pyridine rings is 1. The minimum atomic E-state index is -4.02. The molecule has 1 saturated heterocycles. The number of hydrogen-bond donors (Lipinski definition) is 2. The third kappa shape index (κ3) is 6.14. The molecule has 5 heterocycles. The number of alkyl halides is 2. The van der Waals surface area contributed by atoms with E-state index in [4.69, 9.17) is 16.6 Å². The van der Waals surface area contributed by atoms with Gasteiger partial charge in [-0.3, -0.25) is 9.98 Å². The zero-order valence-electron chi connectivity index (χ0n) is 23.4. The highest BCUT2D eigenvalue weighted by atomic mass is 35.5. The van der Waals surface area contributed by atoms with Crippen molar-refractivity contribution in [2.75, 3.05) is 6.54 Å². The number of hydrogen-bond acceptors (Lipinski definition) is 8. The van der Waals surface area contributed by atoms with Gasteiger partial charge in [0.1, 0.15) is 11.9 Å². The molecule has 1 aromatic carbocycles. The van der Waals surface area contributed by atoms with Crippen LogP contribution in [0.4, 0.5) is 13.2 Å². The van der Waals surface area contributed by atoms with Gasteiger partial charge in [0, 0.05) is 64.8 Å². The fourth-order valence-electron chi connectivity index (χ4n) is 5.84. The van der Waals surface area contributed by atoms with Crippen molar-refractivity contribution in [2.24, 2.45) is 10.9 Å². The van der Waals surface area contributed by atoms with Crippen LogP contribution in [0, 0.1) is 11.7 Å². The van der Waals surface area contributed by atoms with Crippen molar-refractivity contribution in [3.63, 3.8) is 0 Å². The van der Waals surface area contributed by atoms with E-state index in [1.54, 1.807) is 29.9 Å². The van der Waals surface area contributed by atoms with Crippen molar-refractivity contribution in [3.8, 4) is 0 Å². The Morgan fingerprint density at radius 3 is 2.60 bits per heavy atom. The molecule has 4 aromatic rings. The van der Waals surface area contributed by atoms with Gasteiger partial charge in [0.05, 0.1) is 17.4 Å². The van der Waals surface area contributed by atoms with E-state index in [0.29, 0.717) is 38.1 Å². The monoisotopic (exact) mass is 674 g/mol. The highest BCUT2D eigenvalue weighted by molar-refractivity contribution is 7.87. The van der Waals surface area contributed by atoms with Crippen molar-refractivity contribution in [1.29, 1.82) is 0 Å². The molecule has 1 saturated carbocycles. The number of halogens is 4. The molecular formula is C29H26ClF3N8O2S2. The van der Waals surface area contributed by atoms with Gasteiger partial charge in [0.25, 0.3) is 10.2 Å². The van der Waals surface area contributed by atoms with Crippen molar-refractivity contribution in [2.45, 2.75) is 43.9 Å². The Morgan fingerprint density at radius 2 is 1.93 bits per heavy atom. The van der Waals surface area contributed by atoms with Crippen LogP contribution in [0.2, 0.25) is 5.02 Å². The predicted molar refractivity (Wildman–Crippen MR) is 163 cm³/mol. The highest BCUT2D eigenvalue weighted by Crippen LogP contribution is 2.46. The molecule has 2 N–H and O–H groups in total. The summed E-state index contributed by atoms with van der Waals surface area (Å²) in [5, 5.41) is 6.58. The molecule has 3 aromatic heterocycles. The second-order valence-corrected chi connectivity index (χ2v) is 13.8. The number of thiazole rings is 1. The van der Waals surface area contributed by atoms with Gasteiger partial charge in [0.2, 0.25) is 0 Å². The fraction of sp³-hybridized carbons (Fsp3) is 0.310. The van der Waals surface area contributed by atoms with E-state index in [9.17, 15) is 21.6 Å². The molecule has 7 rings (SSSR count). The van der Waals surface area contributed by atoms with Crippen LogP contribution < -0.4 is 9.44 Å². The standard InChI is InChI=1S/C29H26ClF3N8O2S2/c30-20-13-17(31)6-7-19(20)26-24(21-8-11-41(37-21)29(32)33)23-14-18(15-40(23)27(36-26)28-35-10-12-44-28)38-45(42,43)39-25(16-4-5-16)22-3-1-2-9-34-22/h1-3,6-13,16,18,25-26,29,38-39H,4-5,14-15H2/t18-,25?,26-/m0/s1. The lowest BCUT2D eigenvalue weighted by atomic mass is 9.92. The van der Waals surface area contributed by atoms with Gasteiger partial charge in [-0.25, -0.2) is 14.1 Å². The molecule has 0 bridgehead atoms. The molecule has 0 radical (unpaired) electrons. The molecular weight excluding hydrogens is 649 g/mol. The molecule has 2 fully saturated rings. The molecule has 234 valence electrons. The van der Waals surface area contributed by atoms with Crippen LogP contribution in [0.1, 0.15) is 59.9 Å². The molecule has 10 nitrogen and oxygen atoms in total. The van der Waals surface area contributed by atoms with Crippen molar-refractivity contribution < 1.29 is 21.6 Å². The molecule has 45 heavy (non-hydrogen) atoms.